The van der Waals surface area contributed by atoms with Gasteiger partial charge in [0.05, 0.1) is 5.56 Å². The Morgan fingerprint density at radius 2 is 1.61 bits per heavy atom. The van der Waals surface area contributed by atoms with Gasteiger partial charge in [-0.1, -0.05) is 31.2 Å². The Balaban J connectivity index is 1.57. The van der Waals surface area contributed by atoms with Gasteiger partial charge in [0.15, 0.2) is 0 Å². The number of ether oxygens (including phenoxy) is 1. The first kappa shape index (κ1) is 22.7. The summed E-state index contributed by atoms with van der Waals surface area (Å²) < 4.78 is 43.5. The number of amides is 2. The van der Waals surface area contributed by atoms with E-state index in [4.69, 9.17) is 4.74 Å². The predicted octanol–water partition coefficient (Wildman–Crippen LogP) is 5.25. The second-order valence-corrected chi connectivity index (χ2v) is 7.66. The summed E-state index contributed by atoms with van der Waals surface area (Å²) in [5.41, 5.74) is 0.648. The van der Waals surface area contributed by atoms with E-state index in [1.807, 2.05) is 0 Å². The van der Waals surface area contributed by atoms with E-state index in [2.05, 4.69) is 5.32 Å². The highest BCUT2D eigenvalue weighted by atomic mass is 19.4. The molecule has 0 unspecified atom stereocenters. The molecule has 0 heterocycles. The summed E-state index contributed by atoms with van der Waals surface area (Å²) in [6.07, 6.45) is -2.15. The average Bonchev–Trinajstić information content (AvgIpc) is 3.21. The fourth-order valence-corrected chi connectivity index (χ4v) is 3.66. The first-order chi connectivity index (χ1) is 14.7. The maximum Gasteiger partial charge on any atom is 0.416 e. The Labute approximate surface area is 179 Å². The molecule has 1 saturated carbocycles. The van der Waals surface area contributed by atoms with Crippen molar-refractivity contribution in [2.75, 3.05) is 7.05 Å². The van der Waals surface area contributed by atoms with Crippen molar-refractivity contribution in [1.82, 2.24) is 10.2 Å². The fourth-order valence-electron chi connectivity index (χ4n) is 3.66. The monoisotopic (exact) mass is 434 g/mol. The SMILES string of the molecule is CCC(=O)N[C@H]1CC[C@@H](N(C)C(=O)Oc2ccc(-c3ccc(C(F)(F)F)cc3)cc2)C1. The van der Waals surface area contributed by atoms with Gasteiger partial charge >= 0.3 is 12.3 Å². The highest BCUT2D eigenvalue weighted by Gasteiger charge is 2.31. The number of benzene rings is 2. The molecule has 2 aromatic carbocycles. The van der Waals surface area contributed by atoms with Gasteiger partial charge in [0, 0.05) is 25.6 Å². The molecule has 2 amide bonds. The molecule has 2 aromatic rings. The van der Waals surface area contributed by atoms with E-state index in [1.165, 1.54) is 12.1 Å². The number of halogens is 3. The van der Waals surface area contributed by atoms with Crippen LogP contribution in [0.15, 0.2) is 48.5 Å². The van der Waals surface area contributed by atoms with Crippen LogP contribution in [0.1, 0.15) is 38.2 Å². The number of carbonyl (C=O) groups excluding carboxylic acids is 2. The molecule has 31 heavy (non-hydrogen) atoms. The first-order valence-electron chi connectivity index (χ1n) is 10.2. The number of alkyl halides is 3. The van der Waals surface area contributed by atoms with Crippen LogP contribution in [0.4, 0.5) is 18.0 Å². The number of nitrogens with one attached hydrogen (secondary N) is 1. The van der Waals surface area contributed by atoms with Gasteiger partial charge in [-0.3, -0.25) is 4.79 Å². The van der Waals surface area contributed by atoms with E-state index < -0.39 is 17.8 Å². The van der Waals surface area contributed by atoms with Crippen molar-refractivity contribution in [1.29, 1.82) is 0 Å². The molecular formula is C23H25F3N2O3. The van der Waals surface area contributed by atoms with E-state index in [-0.39, 0.29) is 18.0 Å². The molecule has 0 aromatic heterocycles. The average molecular weight is 434 g/mol. The molecule has 0 bridgehead atoms. The minimum atomic E-state index is -4.37. The van der Waals surface area contributed by atoms with Crippen molar-refractivity contribution in [3.05, 3.63) is 54.1 Å². The van der Waals surface area contributed by atoms with Gasteiger partial charge in [0.2, 0.25) is 5.91 Å². The van der Waals surface area contributed by atoms with Crippen LogP contribution in [-0.4, -0.2) is 36.0 Å². The summed E-state index contributed by atoms with van der Waals surface area (Å²) in [6, 6.07) is 11.5. The van der Waals surface area contributed by atoms with Gasteiger partial charge in [0.1, 0.15) is 5.75 Å². The molecule has 0 saturated heterocycles. The van der Waals surface area contributed by atoms with Gasteiger partial charge < -0.3 is 15.0 Å². The van der Waals surface area contributed by atoms with E-state index in [0.29, 0.717) is 29.7 Å². The second kappa shape index (κ2) is 9.41. The third-order valence-electron chi connectivity index (χ3n) is 5.53. The molecule has 2 atom stereocenters. The summed E-state index contributed by atoms with van der Waals surface area (Å²) in [7, 11) is 1.67. The van der Waals surface area contributed by atoms with Gasteiger partial charge in [-0.25, -0.2) is 4.79 Å². The molecule has 0 spiro atoms. The van der Waals surface area contributed by atoms with Crippen molar-refractivity contribution >= 4 is 12.0 Å². The quantitative estimate of drug-likeness (QED) is 0.699. The molecule has 1 N–H and O–H groups in total. The Morgan fingerprint density at radius 3 is 2.16 bits per heavy atom. The molecule has 5 nitrogen and oxygen atoms in total. The fraction of sp³-hybridized carbons (Fsp3) is 0.391. The number of hydrogen-bond donors (Lipinski definition) is 1. The van der Waals surface area contributed by atoms with Crippen molar-refractivity contribution in [2.24, 2.45) is 0 Å². The lowest BCUT2D eigenvalue weighted by molar-refractivity contribution is -0.137. The summed E-state index contributed by atoms with van der Waals surface area (Å²) in [6.45, 7) is 1.80. The van der Waals surface area contributed by atoms with Crippen molar-refractivity contribution < 1.29 is 27.5 Å². The van der Waals surface area contributed by atoms with Crippen molar-refractivity contribution in [3.8, 4) is 16.9 Å². The van der Waals surface area contributed by atoms with Crippen LogP contribution in [0.25, 0.3) is 11.1 Å². The van der Waals surface area contributed by atoms with Gasteiger partial charge in [-0.05, 0) is 54.7 Å². The van der Waals surface area contributed by atoms with Crippen LogP contribution in [0.2, 0.25) is 0 Å². The van der Waals surface area contributed by atoms with Crippen molar-refractivity contribution in [2.45, 2.75) is 50.9 Å². The van der Waals surface area contributed by atoms with Crippen LogP contribution < -0.4 is 10.1 Å². The molecule has 0 aliphatic heterocycles. The maximum atomic E-state index is 12.7. The lowest BCUT2D eigenvalue weighted by Crippen LogP contribution is -2.39. The van der Waals surface area contributed by atoms with E-state index in [1.54, 1.807) is 43.1 Å². The van der Waals surface area contributed by atoms with Crippen LogP contribution in [0.3, 0.4) is 0 Å². The molecule has 3 rings (SSSR count). The summed E-state index contributed by atoms with van der Waals surface area (Å²) in [5.74, 6) is 0.352. The summed E-state index contributed by atoms with van der Waals surface area (Å²) >= 11 is 0. The Bertz CT molecular complexity index is 911. The van der Waals surface area contributed by atoms with Gasteiger partial charge in [0.25, 0.3) is 0 Å². The Kier molecular flexibility index (Phi) is 6.87. The molecular weight excluding hydrogens is 409 g/mol. The maximum absolute atomic E-state index is 12.7. The Morgan fingerprint density at radius 1 is 1.03 bits per heavy atom. The number of rotatable bonds is 5. The molecule has 1 fully saturated rings. The zero-order chi connectivity index (χ0) is 22.6. The zero-order valence-electron chi connectivity index (χ0n) is 17.4. The lowest BCUT2D eigenvalue weighted by atomic mass is 10.0. The molecule has 8 heteroatoms. The van der Waals surface area contributed by atoms with Crippen LogP contribution in [0.5, 0.6) is 5.75 Å². The smallest absolute Gasteiger partial charge is 0.410 e. The van der Waals surface area contributed by atoms with E-state index in [9.17, 15) is 22.8 Å². The minimum absolute atomic E-state index is 0.00372. The predicted molar refractivity (Wildman–Crippen MR) is 111 cm³/mol. The minimum Gasteiger partial charge on any atom is -0.410 e. The molecule has 166 valence electrons. The standard InChI is InChI=1S/C23H25F3N2O3/c1-3-21(29)27-18-10-11-19(14-18)28(2)22(30)31-20-12-6-16(7-13-20)15-4-8-17(9-5-15)23(24,25)26/h4-9,12-13,18-19H,3,10-11,14H2,1-2H3,(H,27,29)/t18-,19+/m0/s1. The normalized spacial score (nSPS) is 18.5. The number of carbonyl (C=O) groups is 2. The van der Waals surface area contributed by atoms with Crippen LogP contribution >= 0.6 is 0 Å². The molecule has 1 aliphatic rings. The van der Waals surface area contributed by atoms with Gasteiger partial charge in [-0.2, -0.15) is 13.2 Å². The third-order valence-corrected chi connectivity index (χ3v) is 5.53. The van der Waals surface area contributed by atoms with Gasteiger partial charge in [-0.15, -0.1) is 0 Å². The third kappa shape index (κ3) is 5.77. The largest absolute Gasteiger partial charge is 0.416 e. The van der Waals surface area contributed by atoms with Crippen LogP contribution in [0, 0.1) is 0 Å². The molecule has 1 aliphatic carbocycles. The van der Waals surface area contributed by atoms with E-state index >= 15 is 0 Å². The number of hydrogen-bond acceptors (Lipinski definition) is 3. The van der Waals surface area contributed by atoms with E-state index in [0.717, 1.165) is 25.0 Å². The highest BCUT2D eigenvalue weighted by Crippen LogP contribution is 2.31. The second-order valence-electron chi connectivity index (χ2n) is 7.66. The topological polar surface area (TPSA) is 58.6 Å². The first-order valence-corrected chi connectivity index (χ1v) is 10.2. The highest BCUT2D eigenvalue weighted by molar-refractivity contribution is 5.76. The number of nitrogens with zero attached hydrogens (tertiary/aromatic N) is 1. The van der Waals surface area contributed by atoms with Crippen LogP contribution in [-0.2, 0) is 11.0 Å². The summed E-state index contributed by atoms with van der Waals surface area (Å²) in [5, 5.41) is 2.96. The van der Waals surface area contributed by atoms with Crippen molar-refractivity contribution in [3.63, 3.8) is 0 Å². The molecule has 0 radical (unpaired) electrons. The lowest BCUT2D eigenvalue weighted by Gasteiger charge is -2.24. The summed E-state index contributed by atoms with van der Waals surface area (Å²) in [4.78, 5) is 25.6. The zero-order valence-corrected chi connectivity index (χ0v) is 17.4. The Hall–Kier alpha value is -3.03.